The van der Waals surface area contributed by atoms with Gasteiger partial charge in [0, 0.05) is 11.0 Å². The Balaban J connectivity index is 2.70. The molecule has 0 aromatic heterocycles. The van der Waals surface area contributed by atoms with Gasteiger partial charge < -0.3 is 16.2 Å². The number of nitrogens with two attached hydrogens (primary N) is 1. The van der Waals surface area contributed by atoms with E-state index < -0.39 is 5.60 Å². The van der Waals surface area contributed by atoms with Gasteiger partial charge >= 0.3 is 0 Å². The Bertz CT molecular complexity index is 351. The van der Waals surface area contributed by atoms with Gasteiger partial charge in [0.2, 0.25) is 0 Å². The summed E-state index contributed by atoms with van der Waals surface area (Å²) < 4.78 is 0.973. The van der Waals surface area contributed by atoms with Crippen molar-refractivity contribution in [2.24, 2.45) is 0 Å². The van der Waals surface area contributed by atoms with Gasteiger partial charge in [-0.3, -0.25) is 0 Å². The molecule has 0 radical (unpaired) electrons. The van der Waals surface area contributed by atoms with E-state index in [0.29, 0.717) is 12.2 Å². The van der Waals surface area contributed by atoms with E-state index in [0.717, 1.165) is 23.0 Å². The highest BCUT2D eigenvalue weighted by atomic mass is 79.9. The summed E-state index contributed by atoms with van der Waals surface area (Å²) in [6.45, 7) is 4.48. The summed E-state index contributed by atoms with van der Waals surface area (Å²) in [7, 11) is 0. The Kier molecular flexibility index (Phi) is 4.62. The largest absolute Gasteiger partial charge is 0.397 e. The summed E-state index contributed by atoms with van der Waals surface area (Å²) in [5.74, 6) is 0. The van der Waals surface area contributed by atoms with Crippen LogP contribution in [0.4, 0.5) is 11.4 Å². The van der Waals surface area contributed by atoms with Gasteiger partial charge in [-0.15, -0.1) is 0 Å². The van der Waals surface area contributed by atoms with Gasteiger partial charge in [-0.25, -0.2) is 0 Å². The molecule has 4 N–H and O–H groups in total. The van der Waals surface area contributed by atoms with E-state index >= 15 is 0 Å². The van der Waals surface area contributed by atoms with E-state index in [1.807, 2.05) is 32.0 Å². The summed E-state index contributed by atoms with van der Waals surface area (Å²) in [5.41, 5.74) is 6.73. The minimum Gasteiger partial charge on any atom is -0.397 e. The van der Waals surface area contributed by atoms with Crippen LogP contribution in [0.15, 0.2) is 22.7 Å². The SMILES string of the molecule is CCC(O)(CC)CNc1cc(Br)ccc1N. The lowest BCUT2D eigenvalue weighted by atomic mass is 9.97. The maximum Gasteiger partial charge on any atom is 0.0814 e. The van der Waals surface area contributed by atoms with Crippen LogP contribution in [0.25, 0.3) is 0 Å². The quantitative estimate of drug-likeness (QED) is 0.730. The van der Waals surface area contributed by atoms with Crippen molar-refractivity contribution in [3.8, 4) is 0 Å². The van der Waals surface area contributed by atoms with Gasteiger partial charge in [0.15, 0.2) is 0 Å². The molecule has 0 saturated carbocycles. The van der Waals surface area contributed by atoms with E-state index in [1.165, 1.54) is 0 Å². The number of halogens is 1. The highest BCUT2D eigenvalue weighted by Crippen LogP contribution is 2.24. The number of aliphatic hydroxyl groups is 1. The fourth-order valence-electron chi connectivity index (χ4n) is 1.44. The lowest BCUT2D eigenvalue weighted by Crippen LogP contribution is -2.35. The van der Waals surface area contributed by atoms with Crippen LogP contribution >= 0.6 is 15.9 Å². The van der Waals surface area contributed by atoms with E-state index in [1.54, 1.807) is 0 Å². The molecular weight excluding hydrogens is 268 g/mol. The second-order valence-corrected chi connectivity index (χ2v) is 4.93. The highest BCUT2D eigenvalue weighted by molar-refractivity contribution is 9.10. The monoisotopic (exact) mass is 286 g/mol. The Labute approximate surface area is 105 Å². The number of anilines is 2. The smallest absolute Gasteiger partial charge is 0.0814 e. The molecule has 90 valence electrons. The number of hydrogen-bond acceptors (Lipinski definition) is 3. The molecule has 0 bridgehead atoms. The molecule has 0 aliphatic carbocycles. The van der Waals surface area contributed by atoms with Crippen LogP contribution in [0.5, 0.6) is 0 Å². The van der Waals surface area contributed by atoms with E-state index in [-0.39, 0.29) is 0 Å². The average Bonchev–Trinajstić information content (AvgIpc) is 2.30. The first-order valence-corrected chi connectivity index (χ1v) is 6.31. The van der Waals surface area contributed by atoms with Gasteiger partial charge in [0.1, 0.15) is 0 Å². The molecule has 1 aromatic rings. The molecule has 3 nitrogen and oxygen atoms in total. The Morgan fingerprint density at radius 1 is 1.38 bits per heavy atom. The zero-order chi connectivity index (χ0) is 12.2. The number of benzene rings is 1. The first kappa shape index (κ1) is 13.3. The van der Waals surface area contributed by atoms with Gasteiger partial charge in [-0.05, 0) is 31.0 Å². The molecule has 0 spiro atoms. The van der Waals surface area contributed by atoms with Crippen LogP contribution in [0.3, 0.4) is 0 Å². The molecule has 16 heavy (non-hydrogen) atoms. The van der Waals surface area contributed by atoms with Crippen molar-refractivity contribution >= 4 is 27.3 Å². The zero-order valence-electron chi connectivity index (χ0n) is 9.76. The lowest BCUT2D eigenvalue weighted by Gasteiger charge is -2.26. The van der Waals surface area contributed by atoms with Crippen molar-refractivity contribution in [3.63, 3.8) is 0 Å². The molecule has 1 rings (SSSR count). The molecule has 0 fully saturated rings. The fourth-order valence-corrected chi connectivity index (χ4v) is 1.80. The van der Waals surface area contributed by atoms with Crippen molar-refractivity contribution in [3.05, 3.63) is 22.7 Å². The second kappa shape index (κ2) is 5.55. The van der Waals surface area contributed by atoms with Crippen molar-refractivity contribution in [1.29, 1.82) is 0 Å². The van der Waals surface area contributed by atoms with Crippen LogP contribution in [-0.2, 0) is 0 Å². The molecule has 0 aliphatic heterocycles. The Hall–Kier alpha value is -0.740. The molecule has 0 aliphatic rings. The zero-order valence-corrected chi connectivity index (χ0v) is 11.3. The Morgan fingerprint density at radius 2 is 2.00 bits per heavy atom. The third-order valence-electron chi connectivity index (χ3n) is 2.94. The summed E-state index contributed by atoms with van der Waals surface area (Å²) >= 11 is 3.39. The third kappa shape index (κ3) is 3.39. The van der Waals surface area contributed by atoms with Crippen LogP contribution in [0.2, 0.25) is 0 Å². The summed E-state index contributed by atoms with van der Waals surface area (Å²) in [6.07, 6.45) is 1.45. The maximum atomic E-state index is 10.1. The number of hydrogen-bond donors (Lipinski definition) is 3. The van der Waals surface area contributed by atoms with E-state index in [2.05, 4.69) is 21.2 Å². The second-order valence-electron chi connectivity index (χ2n) is 4.02. The van der Waals surface area contributed by atoms with Gasteiger partial charge in [0.05, 0.1) is 17.0 Å². The summed E-state index contributed by atoms with van der Waals surface area (Å²) in [5, 5.41) is 13.3. The molecule has 0 amide bonds. The minimum atomic E-state index is -0.658. The third-order valence-corrected chi connectivity index (χ3v) is 3.43. The van der Waals surface area contributed by atoms with Crippen LogP contribution in [-0.4, -0.2) is 17.3 Å². The van der Waals surface area contributed by atoms with Crippen LogP contribution in [0, 0.1) is 0 Å². The van der Waals surface area contributed by atoms with E-state index in [4.69, 9.17) is 5.73 Å². The van der Waals surface area contributed by atoms with Crippen molar-refractivity contribution in [2.75, 3.05) is 17.6 Å². The minimum absolute atomic E-state index is 0.515. The highest BCUT2D eigenvalue weighted by Gasteiger charge is 2.21. The average molecular weight is 287 g/mol. The molecule has 0 saturated heterocycles. The number of nitrogens with one attached hydrogen (secondary N) is 1. The first-order valence-electron chi connectivity index (χ1n) is 5.52. The lowest BCUT2D eigenvalue weighted by molar-refractivity contribution is 0.0457. The predicted octanol–water partition coefficient (Wildman–Crippen LogP) is 2.99. The maximum absolute atomic E-state index is 10.1. The molecule has 0 unspecified atom stereocenters. The normalized spacial score (nSPS) is 11.5. The van der Waals surface area contributed by atoms with Gasteiger partial charge in [-0.2, -0.15) is 0 Å². The molecule has 1 aromatic carbocycles. The van der Waals surface area contributed by atoms with Crippen molar-refractivity contribution < 1.29 is 5.11 Å². The molecule has 0 heterocycles. The molecule has 4 heteroatoms. The van der Waals surface area contributed by atoms with Crippen molar-refractivity contribution in [1.82, 2.24) is 0 Å². The first-order chi connectivity index (χ1) is 7.50. The molecule has 0 atom stereocenters. The standard InChI is InChI=1S/C12H19BrN2O/c1-3-12(16,4-2)8-15-11-7-9(13)5-6-10(11)14/h5-7,15-16H,3-4,8,14H2,1-2H3. The van der Waals surface area contributed by atoms with Gasteiger partial charge in [-0.1, -0.05) is 29.8 Å². The summed E-state index contributed by atoms with van der Waals surface area (Å²) in [6, 6.07) is 5.65. The number of rotatable bonds is 5. The van der Waals surface area contributed by atoms with Gasteiger partial charge in [0.25, 0.3) is 0 Å². The van der Waals surface area contributed by atoms with Crippen LogP contribution < -0.4 is 11.1 Å². The fraction of sp³-hybridized carbons (Fsp3) is 0.500. The van der Waals surface area contributed by atoms with E-state index in [9.17, 15) is 5.11 Å². The topological polar surface area (TPSA) is 58.3 Å². The molecular formula is C12H19BrN2O. The number of nitrogen functional groups attached to an aromatic ring is 1. The van der Waals surface area contributed by atoms with Crippen LogP contribution in [0.1, 0.15) is 26.7 Å². The Morgan fingerprint density at radius 3 is 2.56 bits per heavy atom. The predicted molar refractivity (Wildman–Crippen MR) is 72.6 cm³/mol. The summed E-state index contributed by atoms with van der Waals surface area (Å²) in [4.78, 5) is 0. The van der Waals surface area contributed by atoms with Crippen molar-refractivity contribution in [2.45, 2.75) is 32.3 Å².